The molecule has 7 nitrogen and oxygen atoms in total. The number of para-hydroxylation sites is 1. The minimum atomic E-state index is -0.326. The third-order valence-corrected chi connectivity index (χ3v) is 5.82. The number of hydrogen-bond acceptors (Lipinski definition) is 4. The highest BCUT2D eigenvalue weighted by Crippen LogP contribution is 2.24. The van der Waals surface area contributed by atoms with Crippen LogP contribution < -0.4 is 15.8 Å². The summed E-state index contributed by atoms with van der Waals surface area (Å²) in [6, 6.07) is 26.7. The highest BCUT2D eigenvalue weighted by Gasteiger charge is 2.24. The molecule has 0 spiro atoms. The van der Waals surface area contributed by atoms with Crippen LogP contribution in [-0.2, 0) is 6.54 Å². The molecule has 0 unspecified atom stereocenters. The van der Waals surface area contributed by atoms with Gasteiger partial charge in [-0.1, -0.05) is 48.5 Å². The van der Waals surface area contributed by atoms with Crippen LogP contribution in [0.15, 0.2) is 102 Å². The number of pyridine rings is 1. The number of fused-ring (bicyclic) bond motifs is 1. The largest absolute Gasteiger partial charge is 0.378 e. The smallest absolute Gasteiger partial charge is 0.282 e. The third kappa shape index (κ3) is 4.56. The second kappa shape index (κ2) is 9.30. The molecule has 7 heteroatoms. The summed E-state index contributed by atoms with van der Waals surface area (Å²) in [6.07, 6.45) is 3.51. The first-order valence-corrected chi connectivity index (χ1v) is 11.3. The first-order chi connectivity index (χ1) is 17.0. The maximum atomic E-state index is 13.4. The van der Waals surface area contributed by atoms with Crippen molar-refractivity contribution in [1.29, 1.82) is 0 Å². The molecule has 1 N–H and O–H groups in total. The van der Waals surface area contributed by atoms with Gasteiger partial charge in [0.25, 0.3) is 11.5 Å². The zero-order chi connectivity index (χ0) is 24.4. The predicted octanol–water partition coefficient (Wildman–Crippen LogP) is 4.51. The predicted molar refractivity (Wildman–Crippen MR) is 139 cm³/mol. The highest BCUT2D eigenvalue weighted by molar-refractivity contribution is 6.08. The molecule has 174 valence electrons. The Morgan fingerprint density at radius 3 is 2.20 bits per heavy atom. The maximum absolute atomic E-state index is 13.4. The zero-order valence-corrected chi connectivity index (χ0v) is 19.6. The second-order valence-corrected chi connectivity index (χ2v) is 8.54. The molecule has 0 radical (unpaired) electrons. The number of nitrogens with zero attached hydrogens (tertiary/aromatic N) is 4. The van der Waals surface area contributed by atoms with Crippen LogP contribution in [0.25, 0.3) is 16.9 Å². The lowest BCUT2D eigenvalue weighted by Crippen LogP contribution is -2.18. The van der Waals surface area contributed by atoms with Crippen LogP contribution in [0.5, 0.6) is 0 Å². The van der Waals surface area contributed by atoms with E-state index in [2.05, 4.69) is 10.4 Å². The number of benzene rings is 3. The molecule has 0 aromatic heterocycles. The summed E-state index contributed by atoms with van der Waals surface area (Å²) in [6.45, 7) is 0.518. The van der Waals surface area contributed by atoms with Crippen LogP contribution in [0.2, 0.25) is 0 Å². The Kier molecular flexibility index (Phi) is 5.89. The molecule has 1 amide bonds. The lowest BCUT2D eigenvalue weighted by atomic mass is 10.1. The monoisotopic (exact) mass is 463 g/mol. The van der Waals surface area contributed by atoms with Gasteiger partial charge in [0, 0.05) is 44.4 Å². The Balaban J connectivity index is 1.58. The molecular weight excluding hydrogens is 438 g/mol. The minimum absolute atomic E-state index is 0.266. The minimum Gasteiger partial charge on any atom is -0.378 e. The standard InChI is InChI=1S/C28H25N5O2/c1-31(2)22-15-13-21(14-16-22)29-27(34)24-18-32(17-20-9-5-3-6-10-20)19-25-26(24)30-33(28(25)35)23-11-7-4-8-12-23/h3-16,18-19H,17H2,1-2H3,(H,29,34). The molecule has 3 aromatic carbocycles. The normalized spacial score (nSPS) is 10.9. The van der Waals surface area contributed by atoms with Crippen molar-refractivity contribution in [3.63, 3.8) is 0 Å². The molecule has 35 heavy (non-hydrogen) atoms. The van der Waals surface area contributed by atoms with Crippen LogP contribution in [0.4, 0.5) is 11.4 Å². The lowest BCUT2D eigenvalue weighted by molar-refractivity contribution is 0.102. The summed E-state index contributed by atoms with van der Waals surface area (Å²) < 4.78 is 3.21. The van der Waals surface area contributed by atoms with Crippen molar-refractivity contribution >= 4 is 17.3 Å². The molecule has 0 saturated heterocycles. The maximum Gasteiger partial charge on any atom is 0.282 e. The van der Waals surface area contributed by atoms with E-state index in [1.54, 1.807) is 12.4 Å². The SMILES string of the molecule is CN(C)c1ccc(NC(=O)c2cn(Cc3ccccc3)cc3c(=O)n(-c4ccccc4)nc2-3)cc1. The molecule has 2 heterocycles. The van der Waals surface area contributed by atoms with Crippen molar-refractivity contribution in [2.75, 3.05) is 24.3 Å². The van der Waals surface area contributed by atoms with E-state index in [0.717, 1.165) is 11.3 Å². The van der Waals surface area contributed by atoms with Gasteiger partial charge in [-0.15, -0.1) is 0 Å². The van der Waals surface area contributed by atoms with Gasteiger partial charge >= 0.3 is 0 Å². The Morgan fingerprint density at radius 1 is 0.886 bits per heavy atom. The number of hydrogen-bond donors (Lipinski definition) is 1. The average molecular weight is 464 g/mol. The number of carbonyl (C=O) groups excluding carboxylic acids is 1. The van der Waals surface area contributed by atoms with Gasteiger partial charge in [-0.05, 0) is 42.0 Å². The quantitative estimate of drug-likeness (QED) is 0.402. The van der Waals surface area contributed by atoms with Gasteiger partial charge in [-0.2, -0.15) is 9.78 Å². The molecule has 3 aromatic rings. The molecule has 0 saturated carbocycles. The van der Waals surface area contributed by atoms with E-state index in [4.69, 9.17) is 0 Å². The summed E-state index contributed by atoms with van der Waals surface area (Å²) >= 11 is 0. The Hall–Kier alpha value is -4.65. The van der Waals surface area contributed by atoms with Crippen LogP contribution in [0.3, 0.4) is 0 Å². The summed E-state index contributed by atoms with van der Waals surface area (Å²) in [5.41, 5.74) is 4.23. The fourth-order valence-corrected chi connectivity index (χ4v) is 4.00. The van der Waals surface area contributed by atoms with E-state index in [-0.39, 0.29) is 11.5 Å². The molecule has 0 fully saturated rings. The van der Waals surface area contributed by atoms with Gasteiger partial charge in [-0.3, -0.25) is 9.59 Å². The Labute approximate surface area is 203 Å². The van der Waals surface area contributed by atoms with Crippen LogP contribution >= 0.6 is 0 Å². The molecule has 0 bridgehead atoms. The van der Waals surface area contributed by atoms with E-state index < -0.39 is 0 Å². The highest BCUT2D eigenvalue weighted by atomic mass is 16.2. The lowest BCUT2D eigenvalue weighted by Gasteiger charge is -2.15. The van der Waals surface area contributed by atoms with Crippen molar-refractivity contribution in [2.24, 2.45) is 0 Å². The van der Waals surface area contributed by atoms with E-state index in [1.165, 1.54) is 4.68 Å². The van der Waals surface area contributed by atoms with Gasteiger partial charge in [0.05, 0.1) is 16.8 Å². The van der Waals surface area contributed by atoms with Crippen molar-refractivity contribution in [3.05, 3.63) is 119 Å². The summed E-state index contributed by atoms with van der Waals surface area (Å²) in [5.74, 6) is -0.326. The number of aromatic nitrogens is 3. The number of rotatable bonds is 6. The summed E-state index contributed by atoms with van der Waals surface area (Å²) in [7, 11) is 3.92. The molecule has 5 rings (SSSR count). The average Bonchev–Trinajstić information content (AvgIpc) is 3.21. The molecule has 0 aliphatic carbocycles. The second-order valence-electron chi connectivity index (χ2n) is 8.54. The van der Waals surface area contributed by atoms with Crippen molar-refractivity contribution in [1.82, 2.24) is 14.3 Å². The van der Waals surface area contributed by atoms with Crippen molar-refractivity contribution in [3.8, 4) is 16.9 Å². The van der Waals surface area contributed by atoms with E-state index in [1.807, 2.05) is 108 Å². The fraction of sp³-hybridized carbons (Fsp3) is 0.107. The first-order valence-electron chi connectivity index (χ1n) is 11.3. The van der Waals surface area contributed by atoms with Gasteiger partial charge in [0.1, 0.15) is 5.69 Å². The van der Waals surface area contributed by atoms with E-state index >= 15 is 0 Å². The Bertz CT molecular complexity index is 1490. The third-order valence-electron chi connectivity index (χ3n) is 5.82. The Morgan fingerprint density at radius 2 is 1.54 bits per heavy atom. The van der Waals surface area contributed by atoms with Crippen molar-refractivity contribution in [2.45, 2.75) is 6.54 Å². The van der Waals surface area contributed by atoms with Gasteiger partial charge in [0.2, 0.25) is 0 Å². The van der Waals surface area contributed by atoms with Gasteiger partial charge < -0.3 is 14.8 Å². The summed E-state index contributed by atoms with van der Waals surface area (Å²) in [5, 5.41) is 7.51. The number of anilines is 2. The van der Waals surface area contributed by atoms with Gasteiger partial charge in [0.15, 0.2) is 0 Å². The molecule has 2 aliphatic rings. The first kappa shape index (κ1) is 22.2. The van der Waals surface area contributed by atoms with Crippen LogP contribution in [0, 0.1) is 0 Å². The number of amides is 1. The van der Waals surface area contributed by atoms with Gasteiger partial charge in [-0.25, -0.2) is 0 Å². The topological polar surface area (TPSA) is 72.2 Å². The van der Waals surface area contributed by atoms with Crippen LogP contribution in [-0.4, -0.2) is 34.4 Å². The molecule has 2 aliphatic heterocycles. The summed E-state index contributed by atoms with van der Waals surface area (Å²) in [4.78, 5) is 28.7. The van der Waals surface area contributed by atoms with E-state index in [9.17, 15) is 9.59 Å². The van der Waals surface area contributed by atoms with Crippen molar-refractivity contribution < 1.29 is 4.79 Å². The number of nitrogens with one attached hydrogen (secondary N) is 1. The zero-order valence-electron chi connectivity index (χ0n) is 19.6. The number of carbonyl (C=O) groups is 1. The molecular formula is C28H25N5O2. The molecule has 0 atom stereocenters. The van der Waals surface area contributed by atoms with Crippen LogP contribution in [0.1, 0.15) is 15.9 Å². The fourth-order valence-electron chi connectivity index (χ4n) is 4.00. The van der Waals surface area contributed by atoms with E-state index in [0.29, 0.717) is 34.7 Å².